The summed E-state index contributed by atoms with van der Waals surface area (Å²) in [4.78, 5) is 11.7. The third-order valence-corrected chi connectivity index (χ3v) is 4.47. The van der Waals surface area contributed by atoms with E-state index in [4.69, 9.17) is 5.73 Å². The highest BCUT2D eigenvalue weighted by Crippen LogP contribution is 2.16. The first-order chi connectivity index (χ1) is 9.76. The van der Waals surface area contributed by atoms with Gasteiger partial charge in [0, 0.05) is 25.6 Å². The van der Waals surface area contributed by atoms with E-state index >= 15 is 0 Å². The summed E-state index contributed by atoms with van der Waals surface area (Å²) in [7, 11) is -3.63. The fourth-order valence-corrected chi connectivity index (χ4v) is 3.16. The quantitative estimate of drug-likeness (QED) is 0.688. The predicted octanol–water partition coefficient (Wildman–Crippen LogP) is 0.647. The summed E-state index contributed by atoms with van der Waals surface area (Å²) in [5, 5.41) is 2.71. The largest absolute Gasteiger partial charge is 0.354 e. The lowest BCUT2D eigenvalue weighted by atomic mass is 10.1. The van der Waals surface area contributed by atoms with Crippen molar-refractivity contribution in [1.82, 2.24) is 10.0 Å². The van der Waals surface area contributed by atoms with E-state index in [9.17, 15) is 13.2 Å². The average Bonchev–Trinajstić information content (AvgIpc) is 2.37. The zero-order valence-corrected chi connectivity index (χ0v) is 13.5. The molecule has 0 atom stereocenters. The first-order valence-corrected chi connectivity index (χ1v) is 8.33. The van der Waals surface area contributed by atoms with Crippen molar-refractivity contribution in [3.05, 3.63) is 29.3 Å². The van der Waals surface area contributed by atoms with Crippen LogP contribution in [0, 0.1) is 6.92 Å². The molecule has 0 saturated carbocycles. The second-order valence-corrected chi connectivity index (χ2v) is 6.91. The Morgan fingerprint density at radius 3 is 2.57 bits per heavy atom. The van der Waals surface area contributed by atoms with Crippen molar-refractivity contribution < 1.29 is 13.2 Å². The molecule has 4 N–H and O–H groups in total. The Hall–Kier alpha value is -1.44. The minimum Gasteiger partial charge on any atom is -0.354 e. The van der Waals surface area contributed by atoms with Gasteiger partial charge in [0.2, 0.25) is 15.9 Å². The number of nitrogens with two attached hydrogens (primary N) is 1. The lowest BCUT2D eigenvalue weighted by Gasteiger charge is -2.11. The van der Waals surface area contributed by atoms with Crippen molar-refractivity contribution in [3.8, 4) is 0 Å². The van der Waals surface area contributed by atoms with E-state index < -0.39 is 10.0 Å². The summed E-state index contributed by atoms with van der Waals surface area (Å²) in [5.41, 5.74) is 6.92. The molecule has 6 nitrogen and oxygen atoms in total. The molecule has 21 heavy (non-hydrogen) atoms. The van der Waals surface area contributed by atoms with Gasteiger partial charge in [-0.25, -0.2) is 13.1 Å². The molecule has 0 spiro atoms. The maximum Gasteiger partial charge on any atom is 0.240 e. The zero-order chi connectivity index (χ0) is 16.0. The van der Waals surface area contributed by atoms with Gasteiger partial charge in [0.15, 0.2) is 0 Å². The minimum atomic E-state index is -3.63. The van der Waals surface area contributed by atoms with Crippen LogP contribution in [-0.2, 0) is 21.4 Å². The van der Waals surface area contributed by atoms with Crippen LogP contribution in [0.4, 0.5) is 0 Å². The normalized spacial score (nSPS) is 11.7. The molecule has 0 unspecified atom stereocenters. The van der Waals surface area contributed by atoms with Gasteiger partial charge in [0.05, 0.1) is 4.90 Å². The van der Waals surface area contributed by atoms with Gasteiger partial charge >= 0.3 is 0 Å². The number of hydrogen-bond acceptors (Lipinski definition) is 4. The van der Waals surface area contributed by atoms with Crippen LogP contribution in [0.1, 0.15) is 31.4 Å². The molecule has 0 radical (unpaired) electrons. The van der Waals surface area contributed by atoms with Crippen molar-refractivity contribution in [2.24, 2.45) is 5.73 Å². The summed E-state index contributed by atoms with van der Waals surface area (Å²) >= 11 is 0. The Kier molecular flexibility index (Phi) is 6.32. The van der Waals surface area contributed by atoms with Crippen molar-refractivity contribution in [2.45, 2.75) is 44.7 Å². The number of rotatable bonds is 7. The summed E-state index contributed by atoms with van der Waals surface area (Å²) < 4.78 is 26.9. The van der Waals surface area contributed by atoms with Crippen LogP contribution < -0.4 is 15.8 Å². The van der Waals surface area contributed by atoms with E-state index in [-0.39, 0.29) is 36.4 Å². The highest BCUT2D eigenvalue weighted by atomic mass is 32.2. The Bertz CT molecular complexity index is 597. The Morgan fingerprint density at radius 2 is 2.00 bits per heavy atom. The molecule has 7 heteroatoms. The van der Waals surface area contributed by atoms with Crippen LogP contribution in [0.25, 0.3) is 0 Å². The maximum atomic E-state index is 12.2. The number of carbonyl (C=O) groups is 1. The number of nitrogens with one attached hydrogen (secondary N) is 2. The third-order valence-electron chi connectivity index (χ3n) is 2.87. The summed E-state index contributed by atoms with van der Waals surface area (Å²) in [5.74, 6) is -0.180. The number of carbonyl (C=O) groups excluding carboxylic acids is 1. The van der Waals surface area contributed by atoms with Crippen molar-refractivity contribution in [3.63, 3.8) is 0 Å². The first kappa shape index (κ1) is 17.6. The van der Waals surface area contributed by atoms with E-state index in [1.54, 1.807) is 25.1 Å². The van der Waals surface area contributed by atoms with Gasteiger partial charge in [0.25, 0.3) is 0 Å². The molecule has 0 bridgehead atoms. The zero-order valence-electron chi connectivity index (χ0n) is 12.6. The Balaban J connectivity index is 2.72. The summed E-state index contributed by atoms with van der Waals surface area (Å²) in [6, 6.07) is 5.12. The Morgan fingerprint density at radius 1 is 1.33 bits per heavy atom. The minimum absolute atomic E-state index is 0.0394. The summed E-state index contributed by atoms with van der Waals surface area (Å²) in [6.45, 7) is 5.76. The molecule has 1 aromatic rings. The molecule has 0 heterocycles. The molecule has 118 valence electrons. The van der Waals surface area contributed by atoms with Crippen molar-refractivity contribution in [1.29, 1.82) is 0 Å². The number of benzene rings is 1. The monoisotopic (exact) mass is 313 g/mol. The van der Waals surface area contributed by atoms with Crippen LogP contribution in [0.15, 0.2) is 23.1 Å². The lowest BCUT2D eigenvalue weighted by molar-refractivity contribution is -0.121. The van der Waals surface area contributed by atoms with Gasteiger partial charge in [-0.05, 0) is 38.0 Å². The first-order valence-electron chi connectivity index (χ1n) is 6.85. The molecule has 0 fully saturated rings. The van der Waals surface area contributed by atoms with Crippen molar-refractivity contribution >= 4 is 15.9 Å². The SMILES string of the molecule is Cc1ccc(CN)cc1S(=O)(=O)NCCC(=O)NC(C)C. The average molecular weight is 313 g/mol. The molecule has 1 aromatic carbocycles. The van der Waals surface area contributed by atoms with Crippen LogP contribution >= 0.6 is 0 Å². The van der Waals surface area contributed by atoms with Gasteiger partial charge in [-0.3, -0.25) is 4.79 Å². The predicted molar refractivity (Wildman–Crippen MR) is 82.2 cm³/mol. The molecule has 0 aromatic heterocycles. The van der Waals surface area contributed by atoms with Gasteiger partial charge in [-0.2, -0.15) is 0 Å². The highest BCUT2D eigenvalue weighted by molar-refractivity contribution is 7.89. The maximum absolute atomic E-state index is 12.2. The fourth-order valence-electron chi connectivity index (χ4n) is 1.83. The van der Waals surface area contributed by atoms with Crippen molar-refractivity contribution in [2.75, 3.05) is 6.54 Å². The molecule has 1 rings (SSSR count). The number of aryl methyl sites for hydroxylation is 1. The topological polar surface area (TPSA) is 101 Å². The Labute approximate surface area is 126 Å². The van der Waals surface area contributed by atoms with Crippen LogP contribution in [0.2, 0.25) is 0 Å². The molecule has 0 aliphatic heterocycles. The molecule has 0 saturated heterocycles. The van der Waals surface area contributed by atoms with Gasteiger partial charge < -0.3 is 11.1 Å². The molecule has 0 aliphatic rings. The number of hydrogen-bond donors (Lipinski definition) is 3. The number of amides is 1. The molecular formula is C14H23N3O3S. The van der Waals surface area contributed by atoms with Gasteiger partial charge in [0.1, 0.15) is 0 Å². The number of sulfonamides is 1. The van der Waals surface area contributed by atoms with Gasteiger partial charge in [-0.1, -0.05) is 12.1 Å². The molecule has 0 aliphatic carbocycles. The van der Waals surface area contributed by atoms with Crippen LogP contribution in [0.5, 0.6) is 0 Å². The van der Waals surface area contributed by atoms with Gasteiger partial charge in [-0.15, -0.1) is 0 Å². The molecular weight excluding hydrogens is 290 g/mol. The second-order valence-electron chi connectivity index (χ2n) is 5.17. The summed E-state index contributed by atoms with van der Waals surface area (Å²) in [6.07, 6.45) is 0.104. The van der Waals surface area contributed by atoms with E-state index in [2.05, 4.69) is 10.0 Å². The standard InChI is InChI=1S/C14H23N3O3S/c1-10(2)17-14(18)6-7-16-21(19,20)13-8-12(9-15)5-4-11(13)3/h4-5,8,10,16H,6-7,9,15H2,1-3H3,(H,17,18). The van der Waals surface area contributed by atoms with E-state index in [0.717, 1.165) is 5.56 Å². The van der Waals surface area contributed by atoms with Crippen LogP contribution in [0.3, 0.4) is 0 Å². The lowest BCUT2D eigenvalue weighted by Crippen LogP contribution is -2.34. The third kappa shape index (κ3) is 5.45. The smallest absolute Gasteiger partial charge is 0.240 e. The van der Waals surface area contributed by atoms with Crippen LogP contribution in [-0.4, -0.2) is 26.9 Å². The molecule has 1 amide bonds. The van der Waals surface area contributed by atoms with E-state index in [0.29, 0.717) is 5.56 Å². The fraction of sp³-hybridized carbons (Fsp3) is 0.500. The van der Waals surface area contributed by atoms with E-state index in [1.165, 1.54) is 0 Å². The highest BCUT2D eigenvalue weighted by Gasteiger charge is 2.17. The second kappa shape index (κ2) is 7.53. The van der Waals surface area contributed by atoms with E-state index in [1.807, 2.05) is 13.8 Å².